The van der Waals surface area contributed by atoms with E-state index < -0.39 is 66.9 Å². The number of ether oxygens (including phenoxy) is 4. The number of hydrogen-bond acceptors (Lipinski definition) is 12. The second kappa shape index (κ2) is 22.2. The summed E-state index contributed by atoms with van der Waals surface area (Å²) in [6.07, 6.45) is 22.5. The van der Waals surface area contributed by atoms with Crippen molar-refractivity contribution in [1.29, 1.82) is 10.5 Å². The van der Waals surface area contributed by atoms with Crippen LogP contribution in [-0.4, -0.2) is 85.7 Å². The number of aliphatic hydroxyl groups excluding tert-OH is 1. The molecule has 0 amide bonds. The van der Waals surface area contributed by atoms with Gasteiger partial charge < -0.3 is 43.7 Å². The van der Waals surface area contributed by atoms with Gasteiger partial charge in [0.15, 0.2) is 0 Å². The predicted octanol–water partition coefficient (Wildman–Crippen LogP) is 13.3. The Balaban J connectivity index is 0.000000135. The summed E-state index contributed by atoms with van der Waals surface area (Å²) in [4.78, 5) is 73.0. The minimum atomic E-state index is -0.908. The number of hydrogen-bond donors (Lipinski definition) is 2. The van der Waals surface area contributed by atoms with Crippen LogP contribution in [0, 0.1) is 117 Å². The van der Waals surface area contributed by atoms with Crippen molar-refractivity contribution in [2.24, 2.45) is 74.4 Å². The maximum Gasteiger partial charge on any atom is 0.314 e. The van der Waals surface area contributed by atoms with Crippen LogP contribution in [-0.2, 0) is 42.9 Å². The molecule has 16 bridgehead atoms. The second-order valence-electron chi connectivity index (χ2n) is 31.6. The second-order valence-corrected chi connectivity index (χ2v) is 31.6. The first-order valence-corrected chi connectivity index (χ1v) is 32.1. The maximum atomic E-state index is 12.7. The van der Waals surface area contributed by atoms with E-state index in [0.717, 1.165) is 122 Å². The summed E-state index contributed by atoms with van der Waals surface area (Å²) >= 11 is 0. The fraction of sp³-hybridized carbons (Fsp3) is 0.853. The summed E-state index contributed by atoms with van der Waals surface area (Å²) in [5.74, 6) is 1.16. The molecule has 0 saturated heterocycles. The average molecular weight is 1160 g/mol. The van der Waals surface area contributed by atoms with Gasteiger partial charge in [0.05, 0.1) is 76.9 Å². The number of esters is 4. The molecule has 0 radical (unpaired) electrons. The third kappa shape index (κ3) is 11.6. The van der Waals surface area contributed by atoms with Crippen molar-refractivity contribution in [2.75, 3.05) is 6.61 Å². The van der Waals surface area contributed by atoms with Crippen LogP contribution >= 0.6 is 0 Å². The van der Waals surface area contributed by atoms with E-state index in [-0.39, 0.29) is 53.4 Å². The van der Waals surface area contributed by atoms with Gasteiger partial charge in [0, 0.05) is 57.8 Å². The summed E-state index contributed by atoms with van der Waals surface area (Å²) in [5.41, 5.74) is -6.30. The van der Waals surface area contributed by atoms with Crippen molar-refractivity contribution in [3.63, 3.8) is 0 Å². The van der Waals surface area contributed by atoms with Crippen LogP contribution in [0.25, 0.3) is 14.5 Å². The molecule has 16 heteroatoms. The molecule has 16 saturated carbocycles. The Morgan fingerprint density at radius 1 is 0.512 bits per heavy atom. The zero-order chi connectivity index (χ0) is 61.4. The van der Waals surface area contributed by atoms with Gasteiger partial charge in [-0.25, -0.2) is 19.7 Å². The standard InChI is InChI=1S/C18H24N2O3.C18H24N2O2.C16H23NO2.C16H24O4/c1-4-15(2,12-21)14(22)23-18-7-13-5-16(9-18,11-19)8-17(6-13,10-18)20-3;1-5-15(2,3)14(21)22-18-8-13-6-16(10-18,12-19)9-17(7-13,11-18)20-4;1-4-11(2)14(18)19-16-8-12-5-13(9-16)7-15(6-12,10-16)17-3;1-3-10(2)13(17)20-16-7-11-4-12(8-16)6-15(5-11,9-16)14(18)19/h13,21H,4-10,12H2,1-2H3;13H,5-11H2,1-3H3;11-13H,4-10H2,1-2H3;10-12H,3-9H2,1-2H3,(H,18,19). The highest BCUT2D eigenvalue weighted by Gasteiger charge is 2.72. The van der Waals surface area contributed by atoms with Crippen molar-refractivity contribution in [2.45, 2.75) is 281 Å². The van der Waals surface area contributed by atoms with E-state index >= 15 is 0 Å². The van der Waals surface area contributed by atoms with Gasteiger partial charge in [0.2, 0.25) is 16.6 Å². The molecule has 16 rings (SSSR count). The average Bonchev–Trinajstić information content (AvgIpc) is 0.807. The van der Waals surface area contributed by atoms with E-state index in [1.807, 2.05) is 55.4 Å². The van der Waals surface area contributed by atoms with E-state index in [1.165, 1.54) is 6.42 Å². The lowest BCUT2D eigenvalue weighted by Gasteiger charge is -2.59. The SMILES string of the molecule is CCC(C)C(=O)OC12CC3CC(C1)CC(C(=O)O)(C3)C2.[C-]#[N+]C12CC3CC(C#N)(C1)CC(OC(=O)C(C)(C)CC)(C3)C2.[C-]#[N+]C12CC3CC(C#N)(C1)CC(OC(=O)C(C)(CC)CO)(C3)C2.[C-]#[N+]C12CC3CC(C1)CC(OC(=O)C(C)CC)(C3)C2. The van der Waals surface area contributed by atoms with Crippen LogP contribution in [0.5, 0.6) is 0 Å². The molecule has 2 N–H and O–H groups in total. The fourth-order valence-electron chi connectivity index (χ4n) is 20.3. The molecule has 16 aliphatic carbocycles. The normalized spacial score (nSPS) is 43.4. The lowest BCUT2D eigenvalue weighted by Crippen LogP contribution is -2.63. The third-order valence-corrected chi connectivity index (χ3v) is 23.9. The number of aliphatic carboxylic acids is 1. The quantitative estimate of drug-likeness (QED) is 0.0939. The van der Waals surface area contributed by atoms with Crippen LogP contribution < -0.4 is 0 Å². The van der Waals surface area contributed by atoms with Gasteiger partial charge in [0.25, 0.3) is 0 Å². The highest BCUT2D eigenvalue weighted by molar-refractivity contribution is 5.78. The minimum absolute atomic E-state index is 0.0168. The molecule has 16 aliphatic rings. The van der Waals surface area contributed by atoms with Gasteiger partial charge in [-0.1, -0.05) is 41.5 Å². The largest absolute Gasteiger partial charge is 0.481 e. The van der Waals surface area contributed by atoms with E-state index in [1.54, 1.807) is 6.92 Å². The van der Waals surface area contributed by atoms with Crippen molar-refractivity contribution in [3.05, 3.63) is 34.3 Å². The molecule has 15 atom stereocenters. The van der Waals surface area contributed by atoms with Crippen LogP contribution in [0.2, 0.25) is 0 Å². The summed E-state index contributed by atoms with van der Waals surface area (Å²) < 4.78 is 23.8. The Labute approximate surface area is 500 Å². The highest BCUT2D eigenvalue weighted by atomic mass is 16.6. The molecule has 16 nitrogen and oxygen atoms in total. The molecule has 0 aromatic rings. The molecular formula is C68H95N5O11. The van der Waals surface area contributed by atoms with Gasteiger partial charge >= 0.3 is 29.8 Å². The summed E-state index contributed by atoms with van der Waals surface area (Å²) in [7, 11) is 0. The predicted molar refractivity (Wildman–Crippen MR) is 310 cm³/mol. The van der Waals surface area contributed by atoms with Gasteiger partial charge in [-0.15, -0.1) is 0 Å². The Kier molecular flexibility index (Phi) is 16.7. The minimum Gasteiger partial charge on any atom is -0.481 e. The fourth-order valence-corrected chi connectivity index (χ4v) is 20.3. The lowest BCUT2D eigenvalue weighted by atomic mass is 9.45. The van der Waals surface area contributed by atoms with E-state index in [2.05, 4.69) is 26.7 Å². The topological polar surface area (TPSA) is 223 Å². The third-order valence-electron chi connectivity index (χ3n) is 23.9. The highest BCUT2D eigenvalue weighted by Crippen LogP contribution is 2.68. The number of rotatable bonds is 14. The van der Waals surface area contributed by atoms with Gasteiger partial charge in [-0.05, 0) is 159 Å². The van der Waals surface area contributed by atoms with Crippen molar-refractivity contribution < 1.29 is 53.1 Å². The smallest absolute Gasteiger partial charge is 0.314 e. The zero-order valence-corrected chi connectivity index (χ0v) is 51.9. The van der Waals surface area contributed by atoms with Gasteiger partial charge in [-0.2, -0.15) is 10.5 Å². The number of carbonyl (C=O) groups excluding carboxylic acids is 4. The van der Waals surface area contributed by atoms with Crippen LogP contribution in [0.15, 0.2) is 0 Å². The Morgan fingerprint density at radius 2 is 0.893 bits per heavy atom. The number of aliphatic hydroxyl groups is 1. The number of nitriles is 2. The molecule has 458 valence electrons. The van der Waals surface area contributed by atoms with Crippen molar-refractivity contribution >= 4 is 29.8 Å². The Morgan fingerprint density at radius 3 is 1.26 bits per heavy atom. The molecule has 84 heavy (non-hydrogen) atoms. The Bertz CT molecular complexity index is 2750. The molecule has 15 unspecified atom stereocenters. The summed E-state index contributed by atoms with van der Waals surface area (Å²) in [6, 6.07) is 4.93. The first-order chi connectivity index (χ1) is 39.4. The van der Waals surface area contributed by atoms with Crippen LogP contribution in [0.1, 0.15) is 242 Å². The molecule has 0 aliphatic heterocycles. The molecule has 16 fully saturated rings. The molecular weight excluding hydrogens is 1060 g/mol. The number of carboxylic acid groups (broad SMARTS) is 1. The number of carboxylic acids is 1. The Hall–Kier alpha value is -5.24. The van der Waals surface area contributed by atoms with E-state index in [4.69, 9.17) is 38.7 Å². The summed E-state index contributed by atoms with van der Waals surface area (Å²) in [5, 5.41) is 38.6. The molecule has 0 aromatic heterocycles. The van der Waals surface area contributed by atoms with E-state index in [0.29, 0.717) is 81.0 Å². The lowest BCUT2D eigenvalue weighted by molar-refractivity contribution is -0.212. The first kappa shape index (κ1) is 63.3. The van der Waals surface area contributed by atoms with Crippen LogP contribution in [0.3, 0.4) is 0 Å². The zero-order valence-electron chi connectivity index (χ0n) is 51.9. The number of carbonyl (C=O) groups is 5. The first-order valence-electron chi connectivity index (χ1n) is 32.1. The molecule has 0 aromatic carbocycles. The van der Waals surface area contributed by atoms with Crippen LogP contribution in [0.4, 0.5) is 0 Å². The van der Waals surface area contributed by atoms with Gasteiger partial charge in [0.1, 0.15) is 22.4 Å². The van der Waals surface area contributed by atoms with E-state index in [9.17, 15) is 44.7 Å². The maximum absolute atomic E-state index is 12.7. The van der Waals surface area contributed by atoms with Crippen molar-refractivity contribution in [3.8, 4) is 12.1 Å². The summed E-state index contributed by atoms with van der Waals surface area (Å²) in [6.45, 7) is 39.8. The molecule has 0 heterocycles. The monoisotopic (exact) mass is 1160 g/mol. The van der Waals surface area contributed by atoms with Crippen molar-refractivity contribution in [1.82, 2.24) is 0 Å². The van der Waals surface area contributed by atoms with Gasteiger partial charge in [-0.3, -0.25) is 24.0 Å². The molecule has 0 spiro atoms. The number of nitrogens with zero attached hydrogens (tertiary/aromatic N) is 5.